The SMILES string of the molecule is CCC=CCC=CCC=CCCCCCC(=O)OCC=C(COC(C)=O)C(CC=C(C)C#CC=C(C)C)OC(C)=O. The minimum Gasteiger partial charge on any atom is -0.461 e. The summed E-state index contributed by atoms with van der Waals surface area (Å²) in [6.07, 6.45) is 25.1. The van der Waals surface area contributed by atoms with Gasteiger partial charge in [0.25, 0.3) is 0 Å². The number of carbonyl (C=O) groups is 3. The lowest BCUT2D eigenvalue weighted by Gasteiger charge is -2.19. The second-order valence-corrected chi connectivity index (χ2v) is 9.85. The van der Waals surface area contributed by atoms with Gasteiger partial charge in [-0.15, -0.1) is 0 Å². The monoisotopic (exact) mass is 566 g/mol. The molecule has 0 aliphatic rings. The van der Waals surface area contributed by atoms with Crippen LogP contribution < -0.4 is 0 Å². The first-order valence-electron chi connectivity index (χ1n) is 14.6. The minimum absolute atomic E-state index is 0.000755. The molecule has 41 heavy (non-hydrogen) atoms. The molecular weight excluding hydrogens is 516 g/mol. The normalized spacial score (nSPS) is 12.7. The summed E-state index contributed by atoms with van der Waals surface area (Å²) in [6.45, 7) is 10.5. The maximum absolute atomic E-state index is 12.2. The lowest BCUT2D eigenvalue weighted by molar-refractivity contribution is -0.146. The highest BCUT2D eigenvalue weighted by Gasteiger charge is 2.18. The van der Waals surface area contributed by atoms with E-state index < -0.39 is 18.0 Å². The molecule has 0 saturated heterocycles. The van der Waals surface area contributed by atoms with E-state index in [4.69, 9.17) is 14.2 Å². The van der Waals surface area contributed by atoms with Gasteiger partial charge in [-0.05, 0) is 77.0 Å². The molecule has 0 N–H and O–H groups in total. The summed E-state index contributed by atoms with van der Waals surface area (Å²) in [5, 5.41) is 0. The van der Waals surface area contributed by atoms with Crippen LogP contribution >= 0.6 is 0 Å². The van der Waals surface area contributed by atoms with Crippen LogP contribution in [0, 0.1) is 11.8 Å². The van der Waals surface area contributed by atoms with E-state index in [9.17, 15) is 14.4 Å². The van der Waals surface area contributed by atoms with E-state index in [-0.39, 0.29) is 19.2 Å². The van der Waals surface area contributed by atoms with Crippen molar-refractivity contribution in [2.24, 2.45) is 0 Å². The molecule has 6 nitrogen and oxygen atoms in total. The van der Waals surface area contributed by atoms with Crippen LogP contribution in [-0.2, 0) is 28.6 Å². The summed E-state index contributed by atoms with van der Waals surface area (Å²) < 4.78 is 16.0. The Labute approximate surface area is 248 Å². The van der Waals surface area contributed by atoms with Crippen molar-refractivity contribution >= 4 is 17.9 Å². The molecule has 0 aromatic heterocycles. The lowest BCUT2D eigenvalue weighted by atomic mass is 10.1. The maximum atomic E-state index is 12.2. The van der Waals surface area contributed by atoms with Crippen LogP contribution in [0.5, 0.6) is 0 Å². The fourth-order valence-corrected chi connectivity index (χ4v) is 3.42. The Kier molecular flexibility index (Phi) is 23.2. The van der Waals surface area contributed by atoms with Crippen molar-refractivity contribution in [1.29, 1.82) is 0 Å². The van der Waals surface area contributed by atoms with Crippen LogP contribution in [0.3, 0.4) is 0 Å². The van der Waals surface area contributed by atoms with Crippen molar-refractivity contribution in [2.45, 2.75) is 105 Å². The van der Waals surface area contributed by atoms with Crippen LogP contribution in [0.15, 0.2) is 71.4 Å². The van der Waals surface area contributed by atoms with Crippen LogP contribution in [0.2, 0.25) is 0 Å². The van der Waals surface area contributed by atoms with E-state index in [1.165, 1.54) is 13.8 Å². The molecule has 226 valence electrons. The summed E-state index contributed by atoms with van der Waals surface area (Å²) in [5.74, 6) is 4.79. The molecule has 6 heteroatoms. The molecule has 0 bridgehead atoms. The third kappa shape index (κ3) is 25.1. The molecule has 0 saturated carbocycles. The number of hydrogen-bond donors (Lipinski definition) is 0. The topological polar surface area (TPSA) is 78.9 Å². The van der Waals surface area contributed by atoms with E-state index in [0.29, 0.717) is 18.4 Å². The highest BCUT2D eigenvalue weighted by molar-refractivity contribution is 5.69. The van der Waals surface area contributed by atoms with Gasteiger partial charge >= 0.3 is 17.9 Å². The average Bonchev–Trinajstić information content (AvgIpc) is 2.90. The van der Waals surface area contributed by atoms with Gasteiger partial charge in [0.15, 0.2) is 0 Å². The van der Waals surface area contributed by atoms with Gasteiger partial charge in [-0.25, -0.2) is 0 Å². The molecule has 1 unspecified atom stereocenters. The van der Waals surface area contributed by atoms with Gasteiger partial charge in [0.2, 0.25) is 0 Å². The summed E-state index contributed by atoms with van der Waals surface area (Å²) in [5.41, 5.74) is 2.47. The number of allylic oxidation sites excluding steroid dienone is 9. The Bertz CT molecular complexity index is 1020. The van der Waals surface area contributed by atoms with Gasteiger partial charge in [-0.3, -0.25) is 14.4 Å². The van der Waals surface area contributed by atoms with Crippen LogP contribution in [0.1, 0.15) is 99.3 Å². The molecular formula is C35H50O6. The molecule has 0 aliphatic heterocycles. The van der Waals surface area contributed by atoms with E-state index >= 15 is 0 Å². The van der Waals surface area contributed by atoms with Crippen LogP contribution in [0.25, 0.3) is 0 Å². The predicted octanol–water partition coefficient (Wildman–Crippen LogP) is 8.07. The molecule has 0 rings (SSSR count). The number of rotatable bonds is 19. The fraction of sp³-hybridized carbons (Fsp3) is 0.514. The number of unbranched alkanes of at least 4 members (excludes halogenated alkanes) is 3. The van der Waals surface area contributed by atoms with Gasteiger partial charge in [0.1, 0.15) is 19.3 Å². The second-order valence-electron chi connectivity index (χ2n) is 9.85. The first-order chi connectivity index (χ1) is 19.6. The number of ether oxygens (including phenoxy) is 3. The second kappa shape index (κ2) is 25.4. The molecule has 0 aromatic rings. The molecule has 0 fully saturated rings. The molecule has 0 spiro atoms. The largest absolute Gasteiger partial charge is 0.461 e. The highest BCUT2D eigenvalue weighted by atomic mass is 16.6. The van der Waals surface area contributed by atoms with Gasteiger partial charge in [0, 0.05) is 32.3 Å². The van der Waals surface area contributed by atoms with Crippen molar-refractivity contribution in [1.82, 2.24) is 0 Å². The van der Waals surface area contributed by atoms with Gasteiger partial charge in [-0.1, -0.05) is 73.3 Å². The Morgan fingerprint density at radius 1 is 0.780 bits per heavy atom. The molecule has 0 amide bonds. The Hall–Kier alpha value is -3.59. The summed E-state index contributed by atoms with van der Waals surface area (Å²) in [7, 11) is 0. The Balaban J connectivity index is 4.78. The smallest absolute Gasteiger partial charge is 0.306 e. The molecule has 0 heterocycles. The quantitative estimate of drug-likeness (QED) is 0.0517. The Morgan fingerprint density at radius 2 is 1.46 bits per heavy atom. The van der Waals surface area contributed by atoms with Gasteiger partial charge in [0.05, 0.1) is 0 Å². The Morgan fingerprint density at radius 3 is 2.10 bits per heavy atom. The van der Waals surface area contributed by atoms with Crippen LogP contribution in [0.4, 0.5) is 0 Å². The fourth-order valence-electron chi connectivity index (χ4n) is 3.42. The zero-order valence-electron chi connectivity index (χ0n) is 26.0. The number of esters is 3. The maximum Gasteiger partial charge on any atom is 0.306 e. The standard InChI is InChI=1S/C35H50O6/c1-7-8-9-10-11-12-13-14-15-16-17-18-19-23-35(38)39-27-26-33(28-40-31(5)36)34(41-32(6)37)25-24-30(4)22-20-21-29(2)3/h8-9,11-12,14-15,21,24,26,34H,7,10,13,16-19,23,25,27-28H2,1-6H3. The van der Waals surface area contributed by atoms with E-state index in [2.05, 4.69) is 55.2 Å². The predicted molar refractivity (Wildman–Crippen MR) is 167 cm³/mol. The first-order valence-corrected chi connectivity index (χ1v) is 14.6. The highest BCUT2D eigenvalue weighted by Crippen LogP contribution is 2.15. The lowest BCUT2D eigenvalue weighted by Crippen LogP contribution is -2.23. The van der Waals surface area contributed by atoms with E-state index in [1.54, 1.807) is 6.08 Å². The summed E-state index contributed by atoms with van der Waals surface area (Å²) >= 11 is 0. The first kappa shape index (κ1) is 37.4. The zero-order valence-corrected chi connectivity index (χ0v) is 26.0. The van der Waals surface area contributed by atoms with Crippen molar-refractivity contribution in [3.8, 4) is 11.8 Å². The molecule has 0 radical (unpaired) electrons. The third-order valence-electron chi connectivity index (χ3n) is 5.55. The third-order valence-corrected chi connectivity index (χ3v) is 5.55. The van der Waals surface area contributed by atoms with E-state index in [1.807, 2.05) is 32.9 Å². The molecule has 0 aromatic carbocycles. The number of carbonyl (C=O) groups excluding carboxylic acids is 3. The minimum atomic E-state index is -0.674. The van der Waals surface area contributed by atoms with E-state index in [0.717, 1.165) is 56.1 Å². The van der Waals surface area contributed by atoms with Crippen LogP contribution in [-0.4, -0.2) is 37.2 Å². The molecule has 0 aliphatic carbocycles. The summed E-state index contributed by atoms with van der Waals surface area (Å²) in [6, 6.07) is 0. The average molecular weight is 567 g/mol. The van der Waals surface area contributed by atoms with Crippen molar-refractivity contribution in [3.63, 3.8) is 0 Å². The molecule has 1 atom stereocenters. The van der Waals surface area contributed by atoms with Crippen molar-refractivity contribution < 1.29 is 28.6 Å². The van der Waals surface area contributed by atoms with Gasteiger partial charge < -0.3 is 14.2 Å². The van der Waals surface area contributed by atoms with Crippen molar-refractivity contribution in [3.05, 3.63) is 71.4 Å². The number of hydrogen-bond acceptors (Lipinski definition) is 6. The van der Waals surface area contributed by atoms with Gasteiger partial charge in [-0.2, -0.15) is 0 Å². The zero-order chi connectivity index (χ0) is 30.7. The van der Waals surface area contributed by atoms with Crippen molar-refractivity contribution in [2.75, 3.05) is 13.2 Å². The summed E-state index contributed by atoms with van der Waals surface area (Å²) in [4.78, 5) is 35.4.